The smallest absolute Gasteiger partial charge is 0.220 e. The summed E-state index contributed by atoms with van der Waals surface area (Å²) in [7, 11) is 0. The van der Waals surface area contributed by atoms with E-state index < -0.39 is 86.8 Å². The second-order valence-corrected chi connectivity index (χ2v) is 12.3. The number of amides is 1. The molecule has 12 atom stereocenters. The molecule has 2 aliphatic rings. The van der Waals surface area contributed by atoms with Crippen molar-refractivity contribution in [3.8, 4) is 0 Å². The lowest BCUT2D eigenvalue weighted by atomic mass is 9.97. The van der Waals surface area contributed by atoms with Crippen molar-refractivity contribution in [3.05, 3.63) is 60.8 Å². The maximum atomic E-state index is 12.8. The minimum atomic E-state index is -1.79. The van der Waals surface area contributed by atoms with E-state index in [1.54, 1.807) is 6.08 Å². The van der Waals surface area contributed by atoms with Gasteiger partial charge in [0, 0.05) is 6.42 Å². The van der Waals surface area contributed by atoms with Crippen molar-refractivity contribution < 1.29 is 64.6 Å². The monoisotopic (exact) mass is 713 g/mol. The van der Waals surface area contributed by atoms with E-state index in [-0.39, 0.29) is 18.9 Å². The van der Waals surface area contributed by atoms with Crippen molar-refractivity contribution in [1.29, 1.82) is 0 Å². The normalized spacial score (nSPS) is 32.2. The van der Waals surface area contributed by atoms with E-state index in [0.29, 0.717) is 12.8 Å². The molecule has 9 N–H and O–H groups in total. The molecular formula is C36H59NO13. The van der Waals surface area contributed by atoms with Crippen LogP contribution >= 0.6 is 0 Å². The van der Waals surface area contributed by atoms with Gasteiger partial charge in [0.15, 0.2) is 12.6 Å². The Morgan fingerprint density at radius 2 is 1.30 bits per heavy atom. The van der Waals surface area contributed by atoms with Gasteiger partial charge in [0.25, 0.3) is 0 Å². The van der Waals surface area contributed by atoms with E-state index in [1.165, 1.54) is 6.08 Å². The Kier molecular flexibility index (Phi) is 21.8. The van der Waals surface area contributed by atoms with Crippen molar-refractivity contribution in [2.24, 2.45) is 0 Å². The Morgan fingerprint density at radius 1 is 0.720 bits per heavy atom. The largest absolute Gasteiger partial charge is 0.394 e. The van der Waals surface area contributed by atoms with Gasteiger partial charge < -0.3 is 65.1 Å². The second kappa shape index (κ2) is 24.8. The van der Waals surface area contributed by atoms with E-state index in [9.17, 15) is 45.6 Å². The fourth-order valence-corrected chi connectivity index (χ4v) is 5.24. The van der Waals surface area contributed by atoms with Gasteiger partial charge in [-0.05, 0) is 38.5 Å². The fourth-order valence-electron chi connectivity index (χ4n) is 5.24. The van der Waals surface area contributed by atoms with Crippen molar-refractivity contribution in [3.63, 3.8) is 0 Å². The van der Waals surface area contributed by atoms with Crippen LogP contribution in [-0.2, 0) is 23.7 Å². The standard InChI is InChI=1S/C36H59NO13/c1-3-5-7-8-9-10-11-12-13-14-15-16-18-20-28(41)37-24(25(40)19-17-6-4-2)23-47-35-33(46)31(44)34(27(22-39)49-35)50-36-32(45)30(43)29(42)26(21-38)48-36/h5,7,9-10,12-13,15-17,19,24-27,29-36,38-40,42-46H,3-4,6,8,11,14,18,20-23H2,1-2H3,(H,37,41)/b7-5-,10-9-,13-12-,16-15-,19-17+. The zero-order valence-corrected chi connectivity index (χ0v) is 29.1. The van der Waals surface area contributed by atoms with Gasteiger partial charge in [0.05, 0.1) is 32.0 Å². The van der Waals surface area contributed by atoms with Crippen LogP contribution in [0.25, 0.3) is 0 Å². The summed E-state index contributed by atoms with van der Waals surface area (Å²) in [4.78, 5) is 12.8. The topological polar surface area (TPSA) is 228 Å². The number of hydrogen-bond acceptors (Lipinski definition) is 13. The van der Waals surface area contributed by atoms with E-state index in [1.807, 2.05) is 19.1 Å². The van der Waals surface area contributed by atoms with E-state index in [2.05, 4.69) is 48.7 Å². The molecule has 0 aromatic heterocycles. The number of aliphatic hydroxyl groups excluding tert-OH is 8. The molecule has 286 valence electrons. The molecule has 0 aromatic rings. The van der Waals surface area contributed by atoms with Crippen LogP contribution in [-0.4, -0.2) is 140 Å². The lowest BCUT2D eigenvalue weighted by molar-refractivity contribution is -0.359. The summed E-state index contributed by atoms with van der Waals surface area (Å²) in [6.45, 7) is 2.31. The third-order valence-corrected chi connectivity index (χ3v) is 8.20. The van der Waals surface area contributed by atoms with Gasteiger partial charge in [0.1, 0.15) is 48.8 Å². The lowest BCUT2D eigenvalue weighted by Gasteiger charge is -2.46. The summed E-state index contributed by atoms with van der Waals surface area (Å²) in [5.74, 6) is -0.338. The molecule has 50 heavy (non-hydrogen) atoms. The van der Waals surface area contributed by atoms with Gasteiger partial charge in [-0.25, -0.2) is 0 Å². The van der Waals surface area contributed by atoms with Crippen molar-refractivity contribution >= 4 is 5.91 Å². The predicted octanol–water partition coefficient (Wildman–Crippen LogP) is 0.414. The molecular weight excluding hydrogens is 654 g/mol. The SMILES string of the molecule is CC/C=C\C/C=C\C/C=C\C/C=C\CCC(=O)NC(COC1OC(CO)C(OC2OC(CO)C(O)C(O)C2O)C(O)C1O)C(O)/C=C/CCC. The second-order valence-electron chi connectivity index (χ2n) is 12.3. The number of unbranched alkanes of at least 4 members (excludes halogenated alkanes) is 1. The quantitative estimate of drug-likeness (QED) is 0.0694. The van der Waals surface area contributed by atoms with Gasteiger partial charge in [-0.3, -0.25) is 4.79 Å². The molecule has 2 aliphatic heterocycles. The molecule has 1 amide bonds. The van der Waals surface area contributed by atoms with Crippen LogP contribution in [0.3, 0.4) is 0 Å². The number of hydrogen-bond donors (Lipinski definition) is 9. The molecule has 2 fully saturated rings. The number of aliphatic hydroxyl groups is 8. The Morgan fingerprint density at radius 3 is 1.90 bits per heavy atom. The molecule has 14 nitrogen and oxygen atoms in total. The molecule has 0 saturated carbocycles. The fraction of sp³-hybridized carbons (Fsp3) is 0.694. The Hall–Kier alpha value is -2.31. The minimum Gasteiger partial charge on any atom is -0.394 e. The number of nitrogens with one attached hydrogen (secondary N) is 1. The summed E-state index contributed by atoms with van der Waals surface area (Å²) in [6, 6.07) is -0.948. The van der Waals surface area contributed by atoms with Gasteiger partial charge in [-0.1, -0.05) is 81.0 Å². The number of carbonyl (C=O) groups excluding carboxylic acids is 1. The van der Waals surface area contributed by atoms with Crippen LogP contribution in [0.2, 0.25) is 0 Å². The molecule has 0 radical (unpaired) electrons. The predicted molar refractivity (Wildman–Crippen MR) is 184 cm³/mol. The maximum Gasteiger partial charge on any atom is 0.220 e. The lowest BCUT2D eigenvalue weighted by Crippen LogP contribution is -2.65. The number of ether oxygens (including phenoxy) is 4. The first kappa shape index (κ1) is 43.9. The number of allylic oxidation sites excluding steroid dienone is 9. The van der Waals surface area contributed by atoms with Crippen LogP contribution in [0.5, 0.6) is 0 Å². The molecule has 12 unspecified atom stereocenters. The summed E-state index contributed by atoms with van der Waals surface area (Å²) >= 11 is 0. The van der Waals surface area contributed by atoms with Gasteiger partial charge in [-0.15, -0.1) is 0 Å². The maximum absolute atomic E-state index is 12.8. The highest BCUT2D eigenvalue weighted by atomic mass is 16.7. The Labute approximate surface area is 295 Å². The highest BCUT2D eigenvalue weighted by Gasteiger charge is 2.50. The summed E-state index contributed by atoms with van der Waals surface area (Å²) < 4.78 is 22.3. The number of rotatable bonds is 22. The van der Waals surface area contributed by atoms with E-state index in [4.69, 9.17) is 18.9 Å². The van der Waals surface area contributed by atoms with Crippen molar-refractivity contribution in [2.45, 2.75) is 139 Å². The van der Waals surface area contributed by atoms with E-state index >= 15 is 0 Å². The summed E-state index contributed by atoms with van der Waals surface area (Å²) in [5, 5.41) is 85.1. The highest BCUT2D eigenvalue weighted by Crippen LogP contribution is 2.29. The first-order chi connectivity index (χ1) is 24.1. The van der Waals surface area contributed by atoms with Crippen LogP contribution < -0.4 is 5.32 Å². The zero-order valence-electron chi connectivity index (χ0n) is 29.1. The Bertz CT molecular complexity index is 1080. The van der Waals surface area contributed by atoms with Crippen LogP contribution in [0.15, 0.2) is 60.8 Å². The average molecular weight is 714 g/mol. The third-order valence-electron chi connectivity index (χ3n) is 8.20. The molecule has 2 heterocycles. The van der Waals surface area contributed by atoms with Crippen LogP contribution in [0.1, 0.15) is 65.2 Å². The molecule has 0 aliphatic carbocycles. The Balaban J connectivity index is 1.94. The first-order valence-corrected chi connectivity index (χ1v) is 17.5. The molecule has 14 heteroatoms. The van der Waals surface area contributed by atoms with Crippen molar-refractivity contribution in [1.82, 2.24) is 5.32 Å². The van der Waals surface area contributed by atoms with Gasteiger partial charge in [-0.2, -0.15) is 0 Å². The summed E-state index contributed by atoms with van der Waals surface area (Å²) in [5.41, 5.74) is 0. The highest BCUT2D eigenvalue weighted by molar-refractivity contribution is 5.76. The van der Waals surface area contributed by atoms with E-state index in [0.717, 1.165) is 32.1 Å². The summed E-state index contributed by atoms with van der Waals surface area (Å²) in [6.07, 6.45) is 8.46. The van der Waals surface area contributed by atoms with Crippen molar-refractivity contribution in [2.75, 3.05) is 19.8 Å². The average Bonchev–Trinajstić information content (AvgIpc) is 3.11. The zero-order chi connectivity index (χ0) is 36.9. The van der Waals surface area contributed by atoms with Gasteiger partial charge >= 0.3 is 0 Å². The molecule has 0 bridgehead atoms. The molecule has 0 spiro atoms. The molecule has 0 aromatic carbocycles. The van der Waals surface area contributed by atoms with Crippen LogP contribution in [0, 0.1) is 0 Å². The number of carbonyl (C=O) groups is 1. The molecule has 2 saturated heterocycles. The van der Waals surface area contributed by atoms with Gasteiger partial charge in [0.2, 0.25) is 5.91 Å². The molecule has 2 rings (SSSR count). The minimum absolute atomic E-state index is 0.154. The third kappa shape index (κ3) is 14.7. The van der Waals surface area contributed by atoms with Crippen LogP contribution in [0.4, 0.5) is 0 Å². The first-order valence-electron chi connectivity index (χ1n) is 17.5.